The Labute approximate surface area is 252 Å². The van der Waals surface area contributed by atoms with E-state index in [0.29, 0.717) is 38.6 Å². The van der Waals surface area contributed by atoms with Gasteiger partial charge in [-0.25, -0.2) is 0 Å². The highest BCUT2D eigenvalue weighted by atomic mass is 79.9. The lowest BCUT2D eigenvalue weighted by Gasteiger charge is -2.22. The second-order valence-corrected chi connectivity index (χ2v) is 12.1. The number of amides is 1. The molecule has 0 saturated carbocycles. The number of rotatable bonds is 9. The predicted octanol–water partition coefficient (Wildman–Crippen LogP) is 7.44. The number of aliphatic hydroxyl groups excluding tert-OH is 1. The number of aromatic nitrogens is 2. The highest BCUT2D eigenvalue weighted by Crippen LogP contribution is 2.44. The highest BCUT2D eigenvalue weighted by molar-refractivity contribution is 9.10. The van der Waals surface area contributed by atoms with Crippen LogP contribution in [0.5, 0.6) is 5.75 Å². The van der Waals surface area contributed by atoms with E-state index >= 15 is 0 Å². The van der Waals surface area contributed by atoms with Crippen molar-refractivity contribution in [1.29, 1.82) is 0 Å². The van der Waals surface area contributed by atoms with E-state index in [-0.39, 0.29) is 16.5 Å². The number of ketones is 1. The second-order valence-electron chi connectivity index (χ2n) is 8.58. The standard InChI is InChI=1S/C29H21BrClN3O4S2/c1-2-15-38-21-13-9-17(10-14-21)24-23(25(35)18-7-11-20(30)12-8-18)26(36)27(37)34(24)28-32-33-29(40-28)39-16-19-5-3-4-6-22(19)31/h2-14,24,35H,1,15-16H2/b25-23-. The first-order valence-corrected chi connectivity index (χ1v) is 14.9. The molecule has 202 valence electrons. The fraction of sp³-hybridized carbons (Fsp3) is 0.103. The molecular weight excluding hydrogens is 634 g/mol. The van der Waals surface area contributed by atoms with E-state index in [1.54, 1.807) is 54.6 Å². The lowest BCUT2D eigenvalue weighted by Crippen LogP contribution is -2.29. The maximum Gasteiger partial charge on any atom is 0.301 e. The minimum atomic E-state index is -0.925. The van der Waals surface area contributed by atoms with Crippen molar-refractivity contribution in [3.05, 3.63) is 117 Å². The molecule has 0 spiro atoms. The minimum absolute atomic E-state index is 0.0347. The minimum Gasteiger partial charge on any atom is -0.507 e. The van der Waals surface area contributed by atoms with Gasteiger partial charge in [-0.15, -0.1) is 10.2 Å². The van der Waals surface area contributed by atoms with E-state index in [1.807, 2.05) is 24.3 Å². The highest BCUT2D eigenvalue weighted by Gasteiger charge is 2.48. The molecule has 1 unspecified atom stereocenters. The quantitative estimate of drug-likeness (QED) is 0.0501. The summed E-state index contributed by atoms with van der Waals surface area (Å²) in [7, 11) is 0. The van der Waals surface area contributed by atoms with Gasteiger partial charge in [-0.2, -0.15) is 0 Å². The van der Waals surface area contributed by atoms with Crippen LogP contribution in [0.25, 0.3) is 5.76 Å². The molecule has 0 aliphatic carbocycles. The van der Waals surface area contributed by atoms with E-state index in [0.717, 1.165) is 10.0 Å². The van der Waals surface area contributed by atoms with Crippen molar-refractivity contribution < 1.29 is 19.4 Å². The van der Waals surface area contributed by atoms with Gasteiger partial charge in [0, 0.05) is 20.8 Å². The van der Waals surface area contributed by atoms with Crippen LogP contribution in [-0.4, -0.2) is 33.6 Å². The maximum absolute atomic E-state index is 13.4. The number of nitrogens with zero attached hydrogens (tertiary/aromatic N) is 3. The van der Waals surface area contributed by atoms with Crippen LogP contribution in [-0.2, 0) is 15.3 Å². The van der Waals surface area contributed by atoms with Crippen LogP contribution in [0.15, 0.2) is 99.8 Å². The van der Waals surface area contributed by atoms with Crippen molar-refractivity contribution in [2.24, 2.45) is 0 Å². The predicted molar refractivity (Wildman–Crippen MR) is 162 cm³/mol. The Morgan fingerprint density at radius 3 is 2.52 bits per heavy atom. The molecule has 1 N–H and O–H groups in total. The third kappa shape index (κ3) is 5.85. The topological polar surface area (TPSA) is 92.6 Å². The van der Waals surface area contributed by atoms with E-state index in [2.05, 4.69) is 32.7 Å². The summed E-state index contributed by atoms with van der Waals surface area (Å²) in [5.41, 5.74) is 1.92. The van der Waals surface area contributed by atoms with Crippen LogP contribution >= 0.6 is 50.6 Å². The van der Waals surface area contributed by atoms with Gasteiger partial charge in [0.05, 0.1) is 11.6 Å². The Morgan fingerprint density at radius 2 is 1.82 bits per heavy atom. The normalized spacial score (nSPS) is 16.4. The molecule has 11 heteroatoms. The molecule has 0 bridgehead atoms. The Kier molecular flexibility index (Phi) is 8.70. The molecule has 1 fully saturated rings. The van der Waals surface area contributed by atoms with Gasteiger partial charge in [0.2, 0.25) is 5.13 Å². The first kappa shape index (κ1) is 28.1. The largest absolute Gasteiger partial charge is 0.507 e. The molecule has 7 nitrogen and oxygen atoms in total. The third-order valence-corrected chi connectivity index (χ3v) is 9.04. The van der Waals surface area contributed by atoms with Gasteiger partial charge in [0.1, 0.15) is 18.1 Å². The molecular formula is C29H21BrClN3O4S2. The monoisotopic (exact) mass is 653 g/mol. The molecule has 5 rings (SSSR count). The van der Waals surface area contributed by atoms with Crippen LogP contribution in [0.4, 0.5) is 5.13 Å². The van der Waals surface area contributed by atoms with Crippen molar-refractivity contribution >= 4 is 73.2 Å². The van der Waals surface area contributed by atoms with E-state index in [4.69, 9.17) is 16.3 Å². The molecule has 1 amide bonds. The summed E-state index contributed by atoms with van der Waals surface area (Å²) in [5, 5.41) is 20.7. The van der Waals surface area contributed by atoms with Crippen LogP contribution in [0.3, 0.4) is 0 Å². The summed E-state index contributed by atoms with van der Waals surface area (Å²) in [6.07, 6.45) is 1.64. The number of anilines is 1. The first-order chi connectivity index (χ1) is 19.4. The van der Waals surface area contributed by atoms with Crippen molar-refractivity contribution in [2.45, 2.75) is 16.1 Å². The molecule has 1 aromatic heterocycles. The van der Waals surface area contributed by atoms with E-state index in [9.17, 15) is 14.7 Å². The molecule has 4 aromatic rings. The van der Waals surface area contributed by atoms with Gasteiger partial charge in [-0.05, 0) is 41.5 Å². The average molecular weight is 655 g/mol. The maximum atomic E-state index is 13.4. The van der Waals surface area contributed by atoms with Gasteiger partial charge in [-0.1, -0.05) is 106 Å². The molecule has 3 aromatic carbocycles. The summed E-state index contributed by atoms with van der Waals surface area (Å²) < 4.78 is 7.01. The zero-order valence-electron chi connectivity index (χ0n) is 20.8. The number of aliphatic hydroxyl groups is 1. The zero-order chi connectivity index (χ0) is 28.2. The van der Waals surface area contributed by atoms with Gasteiger partial charge >= 0.3 is 5.91 Å². The summed E-state index contributed by atoms with van der Waals surface area (Å²) in [6, 6.07) is 20.4. The molecule has 0 radical (unpaired) electrons. The number of carbonyl (C=O) groups is 2. The van der Waals surface area contributed by atoms with Crippen molar-refractivity contribution in [3.63, 3.8) is 0 Å². The van der Waals surface area contributed by atoms with Gasteiger partial charge in [-0.3, -0.25) is 14.5 Å². The lowest BCUT2D eigenvalue weighted by atomic mass is 9.95. The Hall–Kier alpha value is -3.44. The molecule has 1 saturated heterocycles. The fourth-order valence-electron chi connectivity index (χ4n) is 4.12. The van der Waals surface area contributed by atoms with Crippen molar-refractivity contribution in [3.8, 4) is 5.75 Å². The molecule has 40 heavy (non-hydrogen) atoms. The summed E-state index contributed by atoms with van der Waals surface area (Å²) in [5.74, 6) is -0.718. The Morgan fingerprint density at radius 1 is 1.10 bits per heavy atom. The number of hydrogen-bond donors (Lipinski definition) is 1. The summed E-state index contributed by atoms with van der Waals surface area (Å²) >= 11 is 12.3. The number of Topliss-reactive ketones (excluding diaryl/α,β-unsaturated/α-hetero) is 1. The summed E-state index contributed by atoms with van der Waals surface area (Å²) in [6.45, 7) is 3.99. The number of halogens is 2. The Balaban J connectivity index is 1.53. The third-order valence-electron chi connectivity index (χ3n) is 6.04. The average Bonchev–Trinajstić information content (AvgIpc) is 3.53. The number of hydrogen-bond acceptors (Lipinski definition) is 8. The lowest BCUT2D eigenvalue weighted by molar-refractivity contribution is -0.132. The molecule has 2 heterocycles. The molecule has 1 atom stereocenters. The van der Waals surface area contributed by atoms with E-state index < -0.39 is 17.7 Å². The summed E-state index contributed by atoms with van der Waals surface area (Å²) in [4.78, 5) is 28.1. The number of benzene rings is 3. The van der Waals surface area contributed by atoms with Crippen LogP contribution in [0.1, 0.15) is 22.7 Å². The fourth-order valence-corrected chi connectivity index (χ4v) is 6.54. The second kappa shape index (κ2) is 12.4. The zero-order valence-corrected chi connectivity index (χ0v) is 24.8. The van der Waals surface area contributed by atoms with Gasteiger partial charge < -0.3 is 9.84 Å². The Bertz CT molecular complexity index is 1610. The van der Waals surface area contributed by atoms with Crippen LogP contribution in [0.2, 0.25) is 5.02 Å². The SMILES string of the molecule is C=CCOc1ccc(C2/C(=C(/O)c3ccc(Br)cc3)C(=O)C(=O)N2c2nnc(SCc3ccccc3Cl)s2)cc1. The van der Waals surface area contributed by atoms with Crippen molar-refractivity contribution in [2.75, 3.05) is 11.5 Å². The molecule has 1 aliphatic heterocycles. The van der Waals surface area contributed by atoms with E-state index in [1.165, 1.54) is 28.0 Å². The van der Waals surface area contributed by atoms with Gasteiger partial charge in [0.15, 0.2) is 4.34 Å². The van der Waals surface area contributed by atoms with Crippen LogP contribution < -0.4 is 9.64 Å². The van der Waals surface area contributed by atoms with Crippen LogP contribution in [0, 0.1) is 0 Å². The van der Waals surface area contributed by atoms with Gasteiger partial charge in [0.25, 0.3) is 5.78 Å². The smallest absolute Gasteiger partial charge is 0.301 e. The number of carbonyl (C=O) groups excluding carboxylic acids is 2. The first-order valence-electron chi connectivity index (χ1n) is 12.0. The number of ether oxygens (including phenoxy) is 1. The number of thioether (sulfide) groups is 1. The molecule has 1 aliphatic rings. The van der Waals surface area contributed by atoms with Crippen molar-refractivity contribution in [1.82, 2.24) is 10.2 Å².